The Morgan fingerprint density at radius 2 is 1.96 bits per heavy atom. The summed E-state index contributed by atoms with van der Waals surface area (Å²) in [5, 5.41) is 0. The van der Waals surface area contributed by atoms with Gasteiger partial charge < -0.3 is 9.80 Å². The lowest BCUT2D eigenvalue weighted by molar-refractivity contribution is -0.134. The lowest BCUT2D eigenvalue weighted by Crippen LogP contribution is -2.45. The number of sulfonamides is 1. The average molecular weight is 357 g/mol. The van der Waals surface area contributed by atoms with E-state index in [1.54, 1.807) is 4.90 Å². The molecule has 0 unspecified atom stereocenters. The van der Waals surface area contributed by atoms with Crippen LogP contribution in [0.1, 0.15) is 39.0 Å². The molecule has 0 radical (unpaired) electrons. The molecule has 3 atom stereocenters. The Balaban J connectivity index is 1.76. The molecule has 0 aliphatic carbocycles. The van der Waals surface area contributed by atoms with Crippen molar-refractivity contribution in [2.45, 2.75) is 51.1 Å². The van der Waals surface area contributed by atoms with Crippen LogP contribution < -0.4 is 0 Å². The average Bonchev–Trinajstić information content (AvgIpc) is 2.95. The van der Waals surface area contributed by atoms with E-state index in [0.717, 1.165) is 36.6 Å². The first-order chi connectivity index (χ1) is 11.3. The molecule has 0 aromatic heterocycles. The van der Waals surface area contributed by atoms with E-state index in [4.69, 9.17) is 0 Å². The maximum Gasteiger partial charge on any atom is 0.241 e. The molecule has 3 fully saturated rings. The van der Waals surface area contributed by atoms with Crippen molar-refractivity contribution < 1.29 is 18.0 Å². The molecule has 0 spiro atoms. The molecule has 24 heavy (non-hydrogen) atoms. The highest BCUT2D eigenvalue weighted by atomic mass is 32.2. The lowest BCUT2D eigenvalue weighted by Gasteiger charge is -2.32. The standard InChI is InChI=1S/C16H27N3O4S/c1-3-5-12-15-13(19(16(12)21)24(2,22)23)6-11-18(15)14(20)7-10-17-8-4-9-17/h12-13,15H,3-11H2,1-2H3/t12-,13+,15-/m1/s1. The van der Waals surface area contributed by atoms with Gasteiger partial charge in [-0.15, -0.1) is 0 Å². The first-order valence-electron chi connectivity index (χ1n) is 8.89. The van der Waals surface area contributed by atoms with Crippen LogP contribution in [0.3, 0.4) is 0 Å². The molecule has 7 nitrogen and oxygen atoms in total. The molecule has 0 N–H and O–H groups in total. The second kappa shape index (κ2) is 6.63. The minimum Gasteiger partial charge on any atom is -0.337 e. The van der Waals surface area contributed by atoms with Crippen molar-refractivity contribution in [2.75, 3.05) is 32.4 Å². The summed E-state index contributed by atoms with van der Waals surface area (Å²) in [6, 6.07) is -0.659. The van der Waals surface area contributed by atoms with E-state index in [1.807, 2.05) is 6.92 Å². The van der Waals surface area contributed by atoms with Crippen molar-refractivity contribution in [3.63, 3.8) is 0 Å². The quantitative estimate of drug-likeness (QED) is 0.682. The molecular formula is C16H27N3O4S. The van der Waals surface area contributed by atoms with Crippen molar-refractivity contribution >= 4 is 21.8 Å². The number of fused-ring (bicyclic) bond motifs is 1. The summed E-state index contributed by atoms with van der Waals surface area (Å²) >= 11 is 0. The van der Waals surface area contributed by atoms with Gasteiger partial charge in [0.1, 0.15) is 0 Å². The summed E-state index contributed by atoms with van der Waals surface area (Å²) in [6.07, 6.45) is 4.72. The Labute approximate surface area is 144 Å². The number of nitrogens with zero attached hydrogens (tertiary/aromatic N) is 3. The zero-order valence-electron chi connectivity index (χ0n) is 14.5. The van der Waals surface area contributed by atoms with Gasteiger partial charge in [-0.2, -0.15) is 0 Å². The van der Waals surface area contributed by atoms with Crippen molar-refractivity contribution in [1.29, 1.82) is 0 Å². The van der Waals surface area contributed by atoms with E-state index >= 15 is 0 Å². The molecule has 3 aliphatic rings. The first kappa shape index (κ1) is 17.7. The Bertz CT molecular complexity index is 617. The van der Waals surface area contributed by atoms with Crippen molar-refractivity contribution in [1.82, 2.24) is 14.1 Å². The van der Waals surface area contributed by atoms with Gasteiger partial charge in [0.25, 0.3) is 0 Å². The monoisotopic (exact) mass is 357 g/mol. The number of likely N-dealkylation sites (tertiary alicyclic amines) is 2. The van der Waals surface area contributed by atoms with Gasteiger partial charge in [0, 0.05) is 19.5 Å². The number of carbonyl (C=O) groups is 2. The van der Waals surface area contributed by atoms with Crippen LogP contribution in [0, 0.1) is 5.92 Å². The van der Waals surface area contributed by atoms with Crippen LogP contribution >= 0.6 is 0 Å². The van der Waals surface area contributed by atoms with E-state index < -0.39 is 10.0 Å². The number of carbonyl (C=O) groups excluding carboxylic acids is 2. The smallest absolute Gasteiger partial charge is 0.241 e. The van der Waals surface area contributed by atoms with Crippen LogP contribution in [0.25, 0.3) is 0 Å². The highest BCUT2D eigenvalue weighted by Gasteiger charge is 2.56. The molecule has 3 heterocycles. The zero-order chi connectivity index (χ0) is 17.5. The van der Waals surface area contributed by atoms with Crippen LogP contribution in [0.5, 0.6) is 0 Å². The first-order valence-corrected chi connectivity index (χ1v) is 10.7. The van der Waals surface area contributed by atoms with Crippen molar-refractivity contribution in [3.8, 4) is 0 Å². The summed E-state index contributed by atoms with van der Waals surface area (Å²) in [7, 11) is -3.59. The van der Waals surface area contributed by atoms with E-state index in [-0.39, 0.29) is 29.8 Å². The molecule has 3 saturated heterocycles. The SMILES string of the molecule is CCC[C@H]1C(=O)N(S(C)(=O)=O)[C@H]2CCN(C(=O)CCN3CCC3)[C@H]12. The number of rotatable bonds is 6. The fraction of sp³-hybridized carbons (Fsp3) is 0.875. The Morgan fingerprint density at radius 1 is 1.25 bits per heavy atom. The van der Waals surface area contributed by atoms with Crippen LogP contribution in [0.4, 0.5) is 0 Å². The molecular weight excluding hydrogens is 330 g/mol. The van der Waals surface area contributed by atoms with Crippen molar-refractivity contribution in [2.24, 2.45) is 5.92 Å². The Kier molecular flexibility index (Phi) is 4.88. The van der Waals surface area contributed by atoms with Gasteiger partial charge in [-0.3, -0.25) is 9.59 Å². The molecule has 2 amide bonds. The summed E-state index contributed by atoms with van der Waals surface area (Å²) in [4.78, 5) is 29.3. The molecule has 0 aromatic rings. The van der Waals surface area contributed by atoms with Gasteiger partial charge in [0.05, 0.1) is 24.3 Å². The number of hydrogen-bond acceptors (Lipinski definition) is 5. The van der Waals surface area contributed by atoms with E-state index in [0.29, 0.717) is 25.8 Å². The van der Waals surface area contributed by atoms with Crippen molar-refractivity contribution in [3.05, 3.63) is 0 Å². The summed E-state index contributed by atoms with van der Waals surface area (Å²) in [6.45, 7) is 5.40. The van der Waals surface area contributed by atoms with Crippen LogP contribution in [-0.2, 0) is 19.6 Å². The third-order valence-corrected chi connectivity index (χ3v) is 6.70. The fourth-order valence-corrected chi connectivity index (χ4v) is 5.51. The predicted octanol–water partition coefficient (Wildman–Crippen LogP) is 0.270. The van der Waals surface area contributed by atoms with Gasteiger partial charge >= 0.3 is 0 Å². The topological polar surface area (TPSA) is 78.0 Å². The highest BCUT2D eigenvalue weighted by molar-refractivity contribution is 7.88. The van der Waals surface area contributed by atoms with Crippen LogP contribution in [0.2, 0.25) is 0 Å². The van der Waals surface area contributed by atoms with Crippen LogP contribution in [0.15, 0.2) is 0 Å². The molecule has 0 aromatic carbocycles. The van der Waals surface area contributed by atoms with Gasteiger partial charge in [-0.25, -0.2) is 12.7 Å². The molecule has 3 aliphatic heterocycles. The summed E-state index contributed by atoms with van der Waals surface area (Å²) in [5.41, 5.74) is 0. The van der Waals surface area contributed by atoms with Crippen LogP contribution in [-0.4, -0.2) is 78.9 Å². The van der Waals surface area contributed by atoms with Gasteiger partial charge in [-0.05, 0) is 32.4 Å². The van der Waals surface area contributed by atoms with E-state index in [1.165, 1.54) is 6.42 Å². The second-order valence-electron chi connectivity index (χ2n) is 7.17. The van der Waals surface area contributed by atoms with E-state index in [2.05, 4.69) is 4.90 Å². The largest absolute Gasteiger partial charge is 0.337 e. The predicted molar refractivity (Wildman–Crippen MR) is 89.7 cm³/mol. The maximum absolute atomic E-state index is 12.7. The molecule has 136 valence electrons. The van der Waals surface area contributed by atoms with E-state index in [9.17, 15) is 18.0 Å². The normalized spacial score (nSPS) is 30.6. The summed E-state index contributed by atoms with van der Waals surface area (Å²) < 4.78 is 25.2. The fourth-order valence-electron chi connectivity index (χ4n) is 4.32. The third kappa shape index (κ3) is 3.06. The minimum absolute atomic E-state index is 0.0543. The molecule has 0 bridgehead atoms. The Morgan fingerprint density at radius 3 is 2.50 bits per heavy atom. The third-order valence-electron chi connectivity index (χ3n) is 5.54. The zero-order valence-corrected chi connectivity index (χ0v) is 15.3. The maximum atomic E-state index is 12.7. The number of hydrogen-bond donors (Lipinski definition) is 0. The van der Waals surface area contributed by atoms with Gasteiger partial charge in [-0.1, -0.05) is 13.3 Å². The summed E-state index contributed by atoms with van der Waals surface area (Å²) in [5.74, 6) is -0.654. The highest BCUT2D eigenvalue weighted by Crippen LogP contribution is 2.40. The molecule has 8 heteroatoms. The lowest BCUT2D eigenvalue weighted by atomic mass is 9.94. The Hall–Kier alpha value is -1.15. The molecule has 3 rings (SSSR count). The second-order valence-corrected chi connectivity index (χ2v) is 9.03. The van der Waals surface area contributed by atoms with Gasteiger partial charge in [0.2, 0.25) is 21.8 Å². The number of amides is 2. The minimum atomic E-state index is -3.59. The van der Waals surface area contributed by atoms with Gasteiger partial charge in [0.15, 0.2) is 0 Å². The molecule has 0 saturated carbocycles.